The van der Waals surface area contributed by atoms with Crippen LogP contribution >= 0.6 is 0 Å². The molecular formula is C14H10F3N3. The van der Waals surface area contributed by atoms with Gasteiger partial charge in [-0.3, -0.25) is 0 Å². The van der Waals surface area contributed by atoms with E-state index in [1.54, 1.807) is 0 Å². The molecular weight excluding hydrogens is 267 g/mol. The van der Waals surface area contributed by atoms with E-state index in [0.29, 0.717) is 17.0 Å². The number of rotatable bonds is 3. The Kier molecular flexibility index (Phi) is 3.06. The summed E-state index contributed by atoms with van der Waals surface area (Å²) in [5, 5.41) is 2.84. The first-order valence-electron chi connectivity index (χ1n) is 5.95. The smallest absolute Gasteiger partial charge is 0.201 e. The summed E-state index contributed by atoms with van der Waals surface area (Å²) in [5.41, 5.74) is 1.32. The van der Waals surface area contributed by atoms with Gasteiger partial charge in [-0.1, -0.05) is 0 Å². The van der Waals surface area contributed by atoms with Crippen molar-refractivity contribution in [3.8, 4) is 0 Å². The summed E-state index contributed by atoms with van der Waals surface area (Å²) in [6, 6.07) is 7.40. The molecule has 0 spiro atoms. The molecule has 0 amide bonds. The van der Waals surface area contributed by atoms with Gasteiger partial charge < -0.3 is 10.3 Å². The number of aromatic amines is 1. The number of anilines is 1. The molecule has 1 heterocycles. The van der Waals surface area contributed by atoms with Crippen molar-refractivity contribution < 1.29 is 13.2 Å². The van der Waals surface area contributed by atoms with Crippen LogP contribution in [0.1, 0.15) is 5.56 Å². The summed E-state index contributed by atoms with van der Waals surface area (Å²) >= 11 is 0. The van der Waals surface area contributed by atoms with Crippen LogP contribution in [0.15, 0.2) is 36.4 Å². The second kappa shape index (κ2) is 4.88. The van der Waals surface area contributed by atoms with Gasteiger partial charge in [0.05, 0.1) is 11.0 Å². The van der Waals surface area contributed by atoms with Gasteiger partial charge in [0, 0.05) is 12.1 Å². The standard InChI is InChI=1S/C14H10F3N3/c15-9-1-3-11(17)8(5-9)7-18-14-19-12-4-2-10(16)6-13(12)20-14/h1-6H,7H2,(H2,18,19,20). The zero-order chi connectivity index (χ0) is 14.1. The Hall–Kier alpha value is -2.50. The largest absolute Gasteiger partial charge is 0.352 e. The lowest BCUT2D eigenvalue weighted by Gasteiger charge is -2.04. The van der Waals surface area contributed by atoms with E-state index in [-0.39, 0.29) is 17.9 Å². The fourth-order valence-electron chi connectivity index (χ4n) is 1.92. The Balaban J connectivity index is 1.81. The first-order chi connectivity index (χ1) is 9.61. The van der Waals surface area contributed by atoms with Gasteiger partial charge in [-0.15, -0.1) is 0 Å². The van der Waals surface area contributed by atoms with Gasteiger partial charge in [0.15, 0.2) is 0 Å². The van der Waals surface area contributed by atoms with E-state index < -0.39 is 11.6 Å². The first kappa shape index (κ1) is 12.5. The molecule has 102 valence electrons. The molecule has 0 aliphatic rings. The SMILES string of the molecule is Fc1ccc(F)c(CNc2nc3ccc(F)cc3[nH]2)c1. The molecule has 0 saturated carbocycles. The molecule has 0 aliphatic heterocycles. The van der Waals surface area contributed by atoms with Gasteiger partial charge in [0.2, 0.25) is 5.95 Å². The summed E-state index contributed by atoms with van der Waals surface area (Å²) in [5.74, 6) is -1.01. The van der Waals surface area contributed by atoms with Gasteiger partial charge in [0.1, 0.15) is 17.5 Å². The topological polar surface area (TPSA) is 40.7 Å². The van der Waals surface area contributed by atoms with Gasteiger partial charge in [-0.05, 0) is 36.4 Å². The van der Waals surface area contributed by atoms with Crippen molar-refractivity contribution in [1.29, 1.82) is 0 Å². The van der Waals surface area contributed by atoms with Gasteiger partial charge in [0.25, 0.3) is 0 Å². The van der Waals surface area contributed by atoms with Crippen molar-refractivity contribution in [2.45, 2.75) is 6.54 Å². The quantitative estimate of drug-likeness (QED) is 0.768. The molecule has 3 nitrogen and oxygen atoms in total. The molecule has 3 rings (SSSR count). The van der Waals surface area contributed by atoms with Crippen molar-refractivity contribution >= 4 is 17.0 Å². The number of fused-ring (bicyclic) bond motifs is 1. The number of benzene rings is 2. The third-order valence-corrected chi connectivity index (χ3v) is 2.90. The first-order valence-corrected chi connectivity index (χ1v) is 5.95. The van der Waals surface area contributed by atoms with Gasteiger partial charge >= 0.3 is 0 Å². The van der Waals surface area contributed by atoms with Gasteiger partial charge in [-0.2, -0.15) is 0 Å². The molecule has 0 fully saturated rings. The fourth-order valence-corrected chi connectivity index (χ4v) is 1.92. The monoisotopic (exact) mass is 277 g/mol. The minimum Gasteiger partial charge on any atom is -0.352 e. The van der Waals surface area contributed by atoms with Crippen LogP contribution in [0.5, 0.6) is 0 Å². The number of halogens is 3. The summed E-state index contributed by atoms with van der Waals surface area (Å²) < 4.78 is 39.5. The lowest BCUT2D eigenvalue weighted by molar-refractivity contribution is 0.587. The zero-order valence-corrected chi connectivity index (χ0v) is 10.3. The maximum Gasteiger partial charge on any atom is 0.201 e. The van der Waals surface area contributed by atoms with Crippen LogP contribution in [0.4, 0.5) is 19.1 Å². The zero-order valence-electron chi connectivity index (χ0n) is 10.3. The third kappa shape index (κ3) is 2.45. The maximum atomic E-state index is 13.4. The third-order valence-electron chi connectivity index (χ3n) is 2.90. The molecule has 0 unspecified atom stereocenters. The molecule has 2 N–H and O–H groups in total. The molecule has 0 bridgehead atoms. The van der Waals surface area contributed by atoms with E-state index >= 15 is 0 Å². The highest BCUT2D eigenvalue weighted by Crippen LogP contribution is 2.17. The Morgan fingerprint density at radius 1 is 1.00 bits per heavy atom. The normalized spacial score (nSPS) is 10.9. The molecule has 1 aromatic heterocycles. The number of aromatic nitrogens is 2. The number of nitrogens with one attached hydrogen (secondary N) is 2. The number of hydrogen-bond acceptors (Lipinski definition) is 2. The highest BCUT2D eigenvalue weighted by molar-refractivity contribution is 5.77. The van der Waals surface area contributed by atoms with Crippen molar-refractivity contribution in [3.63, 3.8) is 0 Å². The molecule has 3 aromatic rings. The van der Waals surface area contributed by atoms with Crippen LogP contribution in [-0.2, 0) is 6.54 Å². The van der Waals surface area contributed by atoms with Gasteiger partial charge in [-0.25, -0.2) is 18.2 Å². The highest BCUT2D eigenvalue weighted by atomic mass is 19.1. The summed E-state index contributed by atoms with van der Waals surface area (Å²) in [6.45, 7) is 0.0753. The van der Waals surface area contributed by atoms with Crippen molar-refractivity contribution in [1.82, 2.24) is 9.97 Å². The Morgan fingerprint density at radius 3 is 2.60 bits per heavy atom. The van der Waals surface area contributed by atoms with E-state index in [1.807, 2.05) is 0 Å². The van der Waals surface area contributed by atoms with E-state index in [2.05, 4.69) is 15.3 Å². The Bertz CT molecular complexity index is 767. The van der Waals surface area contributed by atoms with Crippen LogP contribution in [0.3, 0.4) is 0 Å². The van der Waals surface area contributed by atoms with Crippen LogP contribution in [0.2, 0.25) is 0 Å². The molecule has 2 aromatic carbocycles. The van der Waals surface area contributed by atoms with Crippen LogP contribution < -0.4 is 5.32 Å². The number of H-pyrrole nitrogens is 1. The molecule has 0 atom stereocenters. The fraction of sp³-hybridized carbons (Fsp3) is 0.0714. The molecule has 0 saturated heterocycles. The highest BCUT2D eigenvalue weighted by Gasteiger charge is 2.06. The lowest BCUT2D eigenvalue weighted by Crippen LogP contribution is -2.03. The predicted molar refractivity (Wildman–Crippen MR) is 69.7 cm³/mol. The van der Waals surface area contributed by atoms with E-state index in [9.17, 15) is 13.2 Å². The van der Waals surface area contributed by atoms with Crippen molar-refractivity contribution in [3.05, 3.63) is 59.4 Å². The Labute approximate surface area is 112 Å². The Morgan fingerprint density at radius 2 is 1.75 bits per heavy atom. The van der Waals surface area contributed by atoms with Crippen LogP contribution in [0, 0.1) is 17.5 Å². The summed E-state index contributed by atoms with van der Waals surface area (Å²) in [7, 11) is 0. The van der Waals surface area contributed by atoms with Crippen LogP contribution in [-0.4, -0.2) is 9.97 Å². The van der Waals surface area contributed by atoms with Crippen molar-refractivity contribution in [2.24, 2.45) is 0 Å². The second-order valence-corrected chi connectivity index (χ2v) is 4.34. The average Bonchev–Trinajstić information content (AvgIpc) is 2.81. The molecule has 6 heteroatoms. The van der Waals surface area contributed by atoms with Crippen molar-refractivity contribution in [2.75, 3.05) is 5.32 Å². The maximum absolute atomic E-state index is 13.4. The van der Waals surface area contributed by atoms with Crippen LogP contribution in [0.25, 0.3) is 11.0 Å². The van der Waals surface area contributed by atoms with E-state index in [4.69, 9.17) is 0 Å². The summed E-state index contributed by atoms with van der Waals surface area (Å²) in [6.07, 6.45) is 0. The summed E-state index contributed by atoms with van der Waals surface area (Å²) in [4.78, 5) is 7.03. The number of nitrogens with zero attached hydrogens (tertiary/aromatic N) is 1. The predicted octanol–water partition coefficient (Wildman–Crippen LogP) is 3.59. The number of hydrogen-bond donors (Lipinski definition) is 2. The molecule has 0 radical (unpaired) electrons. The molecule has 20 heavy (non-hydrogen) atoms. The second-order valence-electron chi connectivity index (χ2n) is 4.34. The lowest BCUT2D eigenvalue weighted by atomic mass is 10.2. The minimum atomic E-state index is -0.505. The van der Waals surface area contributed by atoms with E-state index in [1.165, 1.54) is 18.2 Å². The average molecular weight is 277 g/mol. The number of imidazole rings is 1. The minimum absolute atomic E-state index is 0.0753. The molecule has 0 aliphatic carbocycles. The van der Waals surface area contributed by atoms with E-state index in [0.717, 1.165) is 18.2 Å².